The predicted molar refractivity (Wildman–Crippen MR) is 173 cm³/mol. The number of aryl methyl sites for hydroxylation is 2. The number of alkyl halides is 3. The molecule has 2 aromatic carbocycles. The van der Waals surface area contributed by atoms with Gasteiger partial charge in [-0.2, -0.15) is 18.3 Å². The maximum atomic E-state index is 13.8. The number of halogens is 3. The normalized spacial score (nSPS) is 16.8. The van der Waals surface area contributed by atoms with Crippen molar-refractivity contribution in [3.05, 3.63) is 59.3 Å². The fourth-order valence-electron chi connectivity index (χ4n) is 5.79. The molecule has 10 nitrogen and oxygen atoms in total. The van der Waals surface area contributed by atoms with Crippen molar-refractivity contribution in [1.82, 2.24) is 25.1 Å². The first-order valence-electron chi connectivity index (χ1n) is 15.7. The van der Waals surface area contributed by atoms with Crippen LogP contribution in [0.4, 0.5) is 24.9 Å². The van der Waals surface area contributed by atoms with Gasteiger partial charge in [0.15, 0.2) is 5.82 Å². The van der Waals surface area contributed by atoms with Crippen LogP contribution in [0.3, 0.4) is 0 Å². The molecule has 5 N–H and O–H groups in total. The van der Waals surface area contributed by atoms with Crippen molar-refractivity contribution in [2.45, 2.75) is 70.1 Å². The fourth-order valence-corrected chi connectivity index (χ4v) is 5.79. The molecule has 1 amide bonds. The minimum Gasteiger partial charge on any atom is -0.493 e. The largest absolute Gasteiger partial charge is 0.493 e. The van der Waals surface area contributed by atoms with E-state index in [1.54, 1.807) is 24.8 Å². The summed E-state index contributed by atoms with van der Waals surface area (Å²) in [4.78, 5) is 22.3. The van der Waals surface area contributed by atoms with Gasteiger partial charge >= 0.3 is 6.18 Å². The van der Waals surface area contributed by atoms with Crippen molar-refractivity contribution in [2.75, 3.05) is 30.8 Å². The van der Waals surface area contributed by atoms with Crippen LogP contribution in [0, 0.1) is 0 Å². The number of benzene rings is 2. The van der Waals surface area contributed by atoms with Crippen LogP contribution in [0.5, 0.6) is 5.75 Å². The molecule has 2 aromatic heterocycles. The Morgan fingerprint density at radius 3 is 2.63 bits per heavy atom. The summed E-state index contributed by atoms with van der Waals surface area (Å²) in [5.41, 5.74) is 8.91. The first-order valence-corrected chi connectivity index (χ1v) is 15.7. The smallest absolute Gasteiger partial charge is 0.419 e. The van der Waals surface area contributed by atoms with Crippen molar-refractivity contribution in [3.63, 3.8) is 0 Å². The van der Waals surface area contributed by atoms with Crippen LogP contribution in [0.15, 0.2) is 42.6 Å². The van der Waals surface area contributed by atoms with Gasteiger partial charge in [0.2, 0.25) is 11.9 Å². The van der Waals surface area contributed by atoms with Crippen LogP contribution in [0.2, 0.25) is 0 Å². The van der Waals surface area contributed by atoms with E-state index in [1.165, 1.54) is 12.1 Å². The van der Waals surface area contributed by atoms with Crippen LogP contribution in [-0.2, 0) is 30.9 Å². The molecule has 46 heavy (non-hydrogen) atoms. The topological polar surface area (TPSA) is 132 Å². The molecule has 0 radical (unpaired) electrons. The molecule has 1 aliphatic carbocycles. The monoisotopic (exact) mass is 638 g/mol. The molecule has 0 saturated heterocycles. The molecule has 0 atom stereocenters. The molecule has 0 aliphatic heterocycles. The number of nitrogens with zero attached hydrogens (tertiary/aromatic N) is 4. The zero-order chi connectivity index (χ0) is 32.8. The number of carbonyl (C=O) groups excluding carboxylic acids is 1. The first-order chi connectivity index (χ1) is 22.0. The van der Waals surface area contributed by atoms with Gasteiger partial charge in [-0.05, 0) is 87.5 Å². The van der Waals surface area contributed by atoms with Crippen LogP contribution >= 0.6 is 0 Å². The number of amides is 1. The van der Waals surface area contributed by atoms with Crippen LogP contribution in [0.25, 0.3) is 22.2 Å². The van der Waals surface area contributed by atoms with Crippen molar-refractivity contribution in [2.24, 2.45) is 12.8 Å². The second-order valence-electron chi connectivity index (χ2n) is 11.8. The van der Waals surface area contributed by atoms with Gasteiger partial charge in [-0.1, -0.05) is 13.0 Å². The Morgan fingerprint density at radius 1 is 1.13 bits per heavy atom. The Balaban J connectivity index is 1.29. The third-order valence-electron chi connectivity index (χ3n) is 8.23. The summed E-state index contributed by atoms with van der Waals surface area (Å²) in [7, 11) is 3.53. The zero-order valence-electron chi connectivity index (χ0n) is 26.4. The van der Waals surface area contributed by atoms with E-state index in [-0.39, 0.29) is 30.4 Å². The highest BCUT2D eigenvalue weighted by Gasteiger charge is 2.35. The minimum atomic E-state index is -4.62. The first kappa shape index (κ1) is 33.1. The highest BCUT2D eigenvalue weighted by Crippen LogP contribution is 2.37. The number of rotatable bonds is 12. The summed E-state index contributed by atoms with van der Waals surface area (Å²) < 4.78 is 48.3. The van der Waals surface area contributed by atoms with Crippen molar-refractivity contribution in [3.8, 4) is 17.0 Å². The van der Waals surface area contributed by atoms with E-state index in [9.17, 15) is 18.0 Å². The lowest BCUT2D eigenvalue weighted by Gasteiger charge is -2.26. The summed E-state index contributed by atoms with van der Waals surface area (Å²) in [6.07, 6.45) is 2.21. The SMILES string of the molecule is CCc1cc(-c2cc(NC(=O)Cc3ccc(OCCCNC)c(C(F)(F)F)c3)nn2C)cc2cnc(N[C@H]3CC[C@H](N)CC3)nc12. The molecular weight excluding hydrogens is 597 g/mol. The van der Waals surface area contributed by atoms with E-state index in [0.29, 0.717) is 30.8 Å². The number of nitrogens with two attached hydrogens (primary N) is 1. The molecule has 0 unspecified atom stereocenters. The molecule has 5 rings (SSSR count). The lowest BCUT2D eigenvalue weighted by atomic mass is 9.92. The standard InChI is InChI=1S/C33H41F3N8O2/c1-4-21-16-22(17-23-19-39-32(42-31(21)23)40-25-9-7-24(37)8-10-25)27-18-29(43-44(27)3)41-30(45)15-20-6-11-28(46-13-5-12-38-2)26(14-20)33(34,35)36/h6,11,14,16-19,24-25,38H,4-5,7-10,12-13,15,37H2,1-3H3,(H,39,40,42)(H,41,43,45)/t24-,25-. The van der Waals surface area contributed by atoms with E-state index in [0.717, 1.165) is 65.9 Å². The summed E-state index contributed by atoms with van der Waals surface area (Å²) in [6, 6.07) is 10.1. The third kappa shape index (κ3) is 8.13. The van der Waals surface area contributed by atoms with Gasteiger partial charge in [-0.3, -0.25) is 9.48 Å². The highest BCUT2D eigenvalue weighted by molar-refractivity contribution is 5.92. The molecule has 13 heteroatoms. The average Bonchev–Trinajstić information content (AvgIpc) is 3.39. The Bertz CT molecular complexity index is 1660. The van der Waals surface area contributed by atoms with E-state index in [1.807, 2.05) is 12.3 Å². The number of carbonyl (C=O) groups is 1. The number of hydrogen-bond donors (Lipinski definition) is 4. The maximum Gasteiger partial charge on any atom is 0.419 e. The zero-order valence-corrected chi connectivity index (χ0v) is 26.4. The Hall–Kier alpha value is -4.23. The Morgan fingerprint density at radius 2 is 1.91 bits per heavy atom. The van der Waals surface area contributed by atoms with Crippen LogP contribution in [-0.4, -0.2) is 57.9 Å². The quantitative estimate of drug-likeness (QED) is 0.151. The molecule has 0 bridgehead atoms. The minimum absolute atomic E-state index is 0.143. The molecular formula is C33H41F3N8O2. The van der Waals surface area contributed by atoms with Crippen molar-refractivity contribution in [1.29, 1.82) is 0 Å². The lowest BCUT2D eigenvalue weighted by molar-refractivity contribution is -0.139. The van der Waals surface area contributed by atoms with Crippen molar-refractivity contribution >= 4 is 28.6 Å². The Kier molecular flexibility index (Phi) is 10.4. The maximum absolute atomic E-state index is 13.8. The lowest BCUT2D eigenvalue weighted by Crippen LogP contribution is -2.33. The number of nitrogens with one attached hydrogen (secondary N) is 3. The van der Waals surface area contributed by atoms with Gasteiger partial charge in [-0.15, -0.1) is 0 Å². The predicted octanol–water partition coefficient (Wildman–Crippen LogP) is 5.46. The Labute approximate surface area is 266 Å². The highest BCUT2D eigenvalue weighted by atomic mass is 19.4. The summed E-state index contributed by atoms with van der Waals surface area (Å²) in [5, 5.41) is 14.4. The van der Waals surface area contributed by atoms with E-state index in [2.05, 4.69) is 39.0 Å². The molecule has 1 fully saturated rings. The average molecular weight is 639 g/mol. The molecule has 4 aromatic rings. The number of aromatic nitrogens is 4. The summed E-state index contributed by atoms with van der Waals surface area (Å²) >= 11 is 0. The van der Waals surface area contributed by atoms with Gasteiger partial charge in [-0.25, -0.2) is 9.97 Å². The number of ether oxygens (including phenoxy) is 1. The number of hydrogen-bond acceptors (Lipinski definition) is 8. The van der Waals surface area contributed by atoms with Crippen LogP contribution in [0.1, 0.15) is 55.7 Å². The second kappa shape index (κ2) is 14.5. The van der Waals surface area contributed by atoms with Gasteiger partial charge in [0.25, 0.3) is 0 Å². The molecule has 0 spiro atoms. The van der Waals surface area contributed by atoms with E-state index < -0.39 is 17.6 Å². The number of anilines is 2. The number of fused-ring (bicyclic) bond motifs is 1. The summed E-state index contributed by atoms with van der Waals surface area (Å²) in [5.74, 6) is 0.164. The molecule has 1 saturated carbocycles. The fraction of sp³-hybridized carbons (Fsp3) is 0.455. The third-order valence-corrected chi connectivity index (χ3v) is 8.23. The van der Waals surface area contributed by atoms with Gasteiger partial charge in [0, 0.05) is 42.3 Å². The van der Waals surface area contributed by atoms with E-state index in [4.69, 9.17) is 15.5 Å². The molecule has 246 valence electrons. The molecule has 1 aliphatic rings. The summed E-state index contributed by atoms with van der Waals surface area (Å²) in [6.45, 7) is 2.83. The second-order valence-corrected chi connectivity index (χ2v) is 11.8. The van der Waals surface area contributed by atoms with Crippen molar-refractivity contribution < 1.29 is 22.7 Å². The van der Waals surface area contributed by atoms with Crippen LogP contribution < -0.4 is 26.4 Å². The molecule has 2 heterocycles. The van der Waals surface area contributed by atoms with Gasteiger partial charge in [0.1, 0.15) is 5.75 Å². The van der Waals surface area contributed by atoms with E-state index >= 15 is 0 Å². The van der Waals surface area contributed by atoms with Gasteiger partial charge < -0.3 is 26.4 Å². The van der Waals surface area contributed by atoms with Gasteiger partial charge in [0.05, 0.1) is 29.8 Å².